The molecule has 4 aromatic rings. The highest BCUT2D eigenvalue weighted by Gasteiger charge is 2.48. The minimum atomic E-state index is -0.0989. The van der Waals surface area contributed by atoms with Gasteiger partial charge in [0, 0.05) is 0 Å². The Morgan fingerprint density at radius 2 is 1.03 bits per heavy atom. The summed E-state index contributed by atoms with van der Waals surface area (Å²) in [6.45, 7) is 0. The van der Waals surface area contributed by atoms with Crippen LogP contribution in [0.2, 0.25) is 0 Å². The van der Waals surface area contributed by atoms with Crippen LogP contribution in [0.1, 0.15) is 56.3 Å². The van der Waals surface area contributed by atoms with E-state index in [1.807, 2.05) is 0 Å². The minimum absolute atomic E-state index is 0.0989. The van der Waals surface area contributed by atoms with E-state index in [0.29, 0.717) is 5.78 Å². The largest absolute Gasteiger partial charge is 0.298 e. The molecule has 34 heavy (non-hydrogen) atoms. The second-order valence-corrected chi connectivity index (χ2v) is 10.7. The zero-order valence-corrected chi connectivity index (χ0v) is 18.8. The first kappa shape index (κ1) is 17.7. The van der Waals surface area contributed by atoms with Crippen molar-refractivity contribution in [2.45, 2.75) is 37.5 Å². The maximum absolute atomic E-state index is 14.7. The maximum atomic E-state index is 14.7. The van der Waals surface area contributed by atoms with Crippen molar-refractivity contribution in [3.8, 4) is 0 Å². The van der Waals surface area contributed by atoms with E-state index in [-0.39, 0.29) is 11.8 Å². The van der Waals surface area contributed by atoms with Crippen LogP contribution in [0.5, 0.6) is 0 Å². The van der Waals surface area contributed by atoms with E-state index >= 15 is 0 Å². The molecule has 0 bridgehead atoms. The second kappa shape index (κ2) is 5.85. The molecular weight excluding hydrogens is 412 g/mol. The predicted octanol–water partition coefficient (Wildman–Crippen LogP) is 6.72. The highest BCUT2D eigenvalue weighted by molar-refractivity contribution is 6.13. The summed E-state index contributed by atoms with van der Waals surface area (Å²) in [5.74, 6) is 0.227. The van der Waals surface area contributed by atoms with Crippen molar-refractivity contribution >= 4 is 27.7 Å². The van der Waals surface area contributed by atoms with Gasteiger partial charge in [-0.1, -0.05) is 72.8 Å². The summed E-state index contributed by atoms with van der Waals surface area (Å²) in [4.78, 5) is 14.7. The third-order valence-electron chi connectivity index (χ3n) is 9.25. The molecule has 0 radical (unpaired) electrons. The molecule has 0 spiro atoms. The van der Waals surface area contributed by atoms with Crippen LogP contribution in [0.3, 0.4) is 0 Å². The van der Waals surface area contributed by atoms with Crippen LogP contribution in [-0.2, 0) is 30.5 Å². The van der Waals surface area contributed by atoms with E-state index in [9.17, 15) is 4.79 Å². The van der Waals surface area contributed by atoms with Gasteiger partial charge < -0.3 is 0 Å². The van der Waals surface area contributed by atoms with Crippen molar-refractivity contribution in [3.63, 3.8) is 0 Å². The zero-order chi connectivity index (χ0) is 22.1. The Balaban J connectivity index is 1.35. The summed E-state index contributed by atoms with van der Waals surface area (Å²) in [7, 11) is 0. The number of fused-ring (bicyclic) bond motifs is 6. The zero-order valence-electron chi connectivity index (χ0n) is 18.8. The molecule has 9 rings (SSSR count). The molecule has 0 saturated heterocycles. The lowest BCUT2D eigenvalue weighted by Gasteiger charge is -2.40. The van der Waals surface area contributed by atoms with Crippen LogP contribution >= 0.6 is 0 Å². The Labute approximate surface area is 198 Å². The lowest BCUT2D eigenvalue weighted by Crippen LogP contribution is -2.33. The molecule has 1 heteroatoms. The Hall–Kier alpha value is -3.71. The number of allylic oxidation sites excluding steroid dienone is 4. The van der Waals surface area contributed by atoms with Gasteiger partial charge in [-0.2, -0.15) is 0 Å². The molecule has 2 atom stereocenters. The molecule has 5 aliphatic carbocycles. The van der Waals surface area contributed by atoms with Gasteiger partial charge in [-0.25, -0.2) is 0 Å². The molecule has 4 aromatic carbocycles. The smallest absolute Gasteiger partial charge is 0.155 e. The number of hydrogen-bond donors (Lipinski definition) is 0. The molecule has 0 amide bonds. The number of rotatable bonds is 0. The van der Waals surface area contributed by atoms with Gasteiger partial charge in [0.05, 0.1) is 11.8 Å². The number of ketones is 1. The normalized spacial score (nSPS) is 22.6. The van der Waals surface area contributed by atoms with Crippen molar-refractivity contribution in [1.82, 2.24) is 0 Å². The fourth-order valence-corrected chi connectivity index (χ4v) is 7.93. The van der Waals surface area contributed by atoms with Crippen LogP contribution < -0.4 is 0 Å². The van der Waals surface area contributed by atoms with Crippen LogP contribution in [0.4, 0.5) is 0 Å². The lowest BCUT2D eigenvalue weighted by atomic mass is 9.62. The Morgan fingerprint density at radius 3 is 1.56 bits per heavy atom. The number of benzene rings is 4. The summed E-state index contributed by atoms with van der Waals surface area (Å²) < 4.78 is 0. The van der Waals surface area contributed by atoms with E-state index in [1.54, 1.807) is 0 Å². The molecule has 0 heterocycles. The lowest BCUT2D eigenvalue weighted by molar-refractivity contribution is -0.120. The Kier molecular flexibility index (Phi) is 3.05. The molecule has 160 valence electrons. The van der Waals surface area contributed by atoms with E-state index in [4.69, 9.17) is 0 Å². The average molecular weight is 435 g/mol. The first-order valence-corrected chi connectivity index (χ1v) is 12.5. The standard InChI is InChI=1S/C33H22O/c34-33-31-26-13-18-5-1-3-7-22(18)24(26)15-20-11-9-17-10-12-21-16-25-23-8-4-2-6-19(23)14-27(25)32(33)30(21)28(17)29(20)31/h1-12,31-32H,13-16H2. The second-order valence-electron chi connectivity index (χ2n) is 10.7. The summed E-state index contributed by atoms with van der Waals surface area (Å²) in [6, 6.07) is 26.8. The molecule has 5 aliphatic rings. The third-order valence-corrected chi connectivity index (χ3v) is 9.25. The molecule has 0 saturated carbocycles. The van der Waals surface area contributed by atoms with Gasteiger partial charge in [-0.15, -0.1) is 0 Å². The van der Waals surface area contributed by atoms with Crippen molar-refractivity contribution < 1.29 is 4.79 Å². The van der Waals surface area contributed by atoms with E-state index in [0.717, 1.165) is 25.7 Å². The monoisotopic (exact) mass is 434 g/mol. The summed E-state index contributed by atoms with van der Waals surface area (Å²) >= 11 is 0. The molecular formula is C33H22O. The van der Waals surface area contributed by atoms with E-state index in [1.165, 1.54) is 77.6 Å². The number of carbonyl (C=O) groups is 1. The Morgan fingerprint density at radius 1 is 0.529 bits per heavy atom. The Bertz CT molecular complexity index is 1600. The number of Topliss-reactive ketones (excluding diaryl/α,β-unsaturated/α-hetero) is 1. The number of carbonyl (C=O) groups excluding carboxylic acids is 1. The van der Waals surface area contributed by atoms with Crippen LogP contribution in [0, 0.1) is 0 Å². The van der Waals surface area contributed by atoms with Gasteiger partial charge in [0.1, 0.15) is 0 Å². The highest BCUT2D eigenvalue weighted by Crippen LogP contribution is 2.58. The first-order chi connectivity index (χ1) is 16.8. The van der Waals surface area contributed by atoms with Gasteiger partial charge in [0.2, 0.25) is 0 Å². The molecule has 0 fully saturated rings. The van der Waals surface area contributed by atoms with Crippen LogP contribution in [0.25, 0.3) is 21.9 Å². The van der Waals surface area contributed by atoms with Crippen LogP contribution in [-0.4, -0.2) is 5.78 Å². The molecule has 0 aromatic heterocycles. The maximum Gasteiger partial charge on any atom is 0.155 e. The summed E-state index contributed by atoms with van der Waals surface area (Å²) in [5.41, 5.74) is 16.5. The average Bonchev–Trinajstić information content (AvgIpc) is 3.43. The predicted molar refractivity (Wildman–Crippen MR) is 136 cm³/mol. The molecule has 0 aliphatic heterocycles. The van der Waals surface area contributed by atoms with Gasteiger partial charge in [0.25, 0.3) is 0 Å². The van der Waals surface area contributed by atoms with Gasteiger partial charge in [0.15, 0.2) is 5.78 Å². The SMILES string of the molecule is O=C1C2C3=C(Cc4ccc5ccc6c(c5c42)C1C1=C(C6)c2ccccc2C1)c1ccccc1C3. The van der Waals surface area contributed by atoms with Crippen molar-refractivity contribution in [1.29, 1.82) is 0 Å². The van der Waals surface area contributed by atoms with E-state index < -0.39 is 0 Å². The molecule has 2 unspecified atom stereocenters. The molecule has 0 N–H and O–H groups in total. The molecule has 1 nitrogen and oxygen atoms in total. The third kappa shape index (κ3) is 1.94. The van der Waals surface area contributed by atoms with E-state index in [2.05, 4.69) is 72.8 Å². The fraction of sp³-hybridized carbons (Fsp3) is 0.182. The number of hydrogen-bond acceptors (Lipinski definition) is 1. The van der Waals surface area contributed by atoms with Gasteiger partial charge >= 0.3 is 0 Å². The van der Waals surface area contributed by atoms with Crippen molar-refractivity contribution in [2.75, 3.05) is 0 Å². The highest BCUT2D eigenvalue weighted by atomic mass is 16.1. The van der Waals surface area contributed by atoms with Crippen molar-refractivity contribution in [2.24, 2.45) is 0 Å². The summed E-state index contributed by atoms with van der Waals surface area (Å²) in [6.07, 6.45) is 3.75. The van der Waals surface area contributed by atoms with Gasteiger partial charge in [-0.3, -0.25) is 4.79 Å². The van der Waals surface area contributed by atoms with Crippen molar-refractivity contribution in [3.05, 3.63) is 128 Å². The van der Waals surface area contributed by atoms with Gasteiger partial charge in [-0.05, 0) is 103 Å². The van der Waals surface area contributed by atoms with Crippen LogP contribution in [0.15, 0.2) is 83.9 Å². The topological polar surface area (TPSA) is 17.1 Å². The quantitative estimate of drug-likeness (QED) is 0.300. The fourth-order valence-electron chi connectivity index (χ4n) is 7.93. The summed E-state index contributed by atoms with van der Waals surface area (Å²) in [5, 5.41) is 2.70. The minimum Gasteiger partial charge on any atom is -0.298 e. The first-order valence-electron chi connectivity index (χ1n) is 12.5.